The number of pyridine rings is 1. The Morgan fingerprint density at radius 3 is 2.67 bits per heavy atom. The molecule has 2 amide bonds. The summed E-state index contributed by atoms with van der Waals surface area (Å²) in [6.07, 6.45) is 3.19. The molecule has 1 unspecified atom stereocenters. The first-order chi connectivity index (χ1) is 13.0. The van der Waals surface area contributed by atoms with Crippen LogP contribution in [0.15, 0.2) is 60.9 Å². The van der Waals surface area contributed by atoms with Crippen molar-refractivity contribution in [1.82, 2.24) is 10.3 Å². The van der Waals surface area contributed by atoms with E-state index in [1.54, 1.807) is 48.8 Å². The van der Waals surface area contributed by atoms with Crippen LogP contribution in [0.1, 0.15) is 26.2 Å². The lowest BCUT2D eigenvalue weighted by Crippen LogP contribution is -2.33. The van der Waals surface area contributed by atoms with Crippen LogP contribution in [-0.4, -0.2) is 16.8 Å². The number of anilines is 1. The summed E-state index contributed by atoms with van der Waals surface area (Å²) in [5.41, 5.74) is 7.56. The fourth-order valence-corrected chi connectivity index (χ4v) is 3.46. The van der Waals surface area contributed by atoms with Crippen LogP contribution in [0.5, 0.6) is 0 Å². The predicted molar refractivity (Wildman–Crippen MR) is 107 cm³/mol. The van der Waals surface area contributed by atoms with Crippen molar-refractivity contribution in [2.24, 2.45) is 5.73 Å². The van der Waals surface area contributed by atoms with Crippen molar-refractivity contribution < 1.29 is 9.59 Å². The molecule has 0 aliphatic carbocycles. The third-order valence-corrected chi connectivity index (χ3v) is 5.14. The third-order valence-electron chi connectivity index (χ3n) is 3.73. The zero-order valence-corrected chi connectivity index (χ0v) is 15.8. The molecule has 2 aromatic heterocycles. The molecule has 0 saturated carbocycles. The number of hydrogen-bond acceptors (Lipinski definition) is 5. The van der Waals surface area contributed by atoms with E-state index in [2.05, 4.69) is 15.6 Å². The number of nitrogens with zero attached hydrogens (tertiary/aromatic N) is 1. The molecule has 0 saturated heterocycles. The molecule has 0 radical (unpaired) electrons. The van der Waals surface area contributed by atoms with E-state index in [0.717, 1.165) is 5.56 Å². The second-order valence-corrected chi connectivity index (χ2v) is 7.27. The van der Waals surface area contributed by atoms with Crippen molar-refractivity contribution in [1.29, 1.82) is 0 Å². The molecule has 2 heterocycles. The Labute approximate surface area is 165 Å². The standard InChI is InChI=1S/C19H17ClN4O2S/c20-13-3-1-2-12(10-13)11-23-19(26)17(21)15-4-5-16(27-15)18(25)24-14-6-8-22-9-7-14/h1-10,17H,11,21H2,(H,23,26)(H,22,24,25). The van der Waals surface area contributed by atoms with Crippen LogP contribution < -0.4 is 16.4 Å². The van der Waals surface area contributed by atoms with E-state index in [1.165, 1.54) is 11.3 Å². The number of carbonyl (C=O) groups is 2. The molecule has 0 bridgehead atoms. The summed E-state index contributed by atoms with van der Waals surface area (Å²) in [4.78, 5) is 29.6. The normalized spacial score (nSPS) is 11.6. The van der Waals surface area contributed by atoms with Gasteiger partial charge in [-0.15, -0.1) is 11.3 Å². The lowest BCUT2D eigenvalue weighted by Gasteiger charge is -2.11. The second-order valence-electron chi connectivity index (χ2n) is 5.72. The molecule has 0 fully saturated rings. The van der Waals surface area contributed by atoms with E-state index < -0.39 is 6.04 Å². The Morgan fingerprint density at radius 1 is 1.15 bits per heavy atom. The van der Waals surface area contributed by atoms with E-state index in [9.17, 15) is 9.59 Å². The lowest BCUT2D eigenvalue weighted by molar-refractivity contribution is -0.122. The zero-order chi connectivity index (χ0) is 19.2. The van der Waals surface area contributed by atoms with Gasteiger partial charge in [-0.05, 0) is 42.0 Å². The number of nitrogens with two attached hydrogens (primary N) is 1. The molecule has 3 aromatic rings. The SMILES string of the molecule is NC(C(=O)NCc1cccc(Cl)c1)c1ccc(C(=O)Nc2ccncc2)s1. The number of halogens is 1. The number of benzene rings is 1. The highest BCUT2D eigenvalue weighted by Gasteiger charge is 2.19. The predicted octanol–water partition coefficient (Wildman–Crippen LogP) is 3.37. The molecular formula is C19H17ClN4O2S. The minimum absolute atomic E-state index is 0.260. The highest BCUT2D eigenvalue weighted by Crippen LogP contribution is 2.23. The van der Waals surface area contributed by atoms with Crippen molar-refractivity contribution in [3.05, 3.63) is 81.3 Å². The largest absolute Gasteiger partial charge is 0.350 e. The molecule has 8 heteroatoms. The molecule has 1 aromatic carbocycles. The minimum Gasteiger partial charge on any atom is -0.350 e. The average molecular weight is 401 g/mol. The van der Waals surface area contributed by atoms with Crippen molar-refractivity contribution >= 4 is 40.4 Å². The fraction of sp³-hybridized carbons (Fsp3) is 0.105. The molecule has 27 heavy (non-hydrogen) atoms. The maximum atomic E-state index is 12.3. The van der Waals surface area contributed by atoms with Gasteiger partial charge in [0, 0.05) is 34.5 Å². The van der Waals surface area contributed by atoms with Gasteiger partial charge >= 0.3 is 0 Å². The Hall–Kier alpha value is -2.74. The van der Waals surface area contributed by atoms with Crippen LogP contribution in [0.2, 0.25) is 5.02 Å². The van der Waals surface area contributed by atoms with E-state index in [0.29, 0.717) is 27.0 Å². The van der Waals surface area contributed by atoms with Gasteiger partial charge in [-0.25, -0.2) is 0 Å². The number of carbonyl (C=O) groups excluding carboxylic acids is 2. The average Bonchev–Trinajstić information content (AvgIpc) is 3.17. The van der Waals surface area contributed by atoms with Crippen LogP contribution in [0.4, 0.5) is 5.69 Å². The Kier molecular flexibility index (Phi) is 6.18. The zero-order valence-electron chi connectivity index (χ0n) is 14.2. The first-order valence-corrected chi connectivity index (χ1v) is 9.31. The van der Waals surface area contributed by atoms with Crippen molar-refractivity contribution in [2.75, 3.05) is 5.32 Å². The van der Waals surface area contributed by atoms with Crippen LogP contribution in [0.3, 0.4) is 0 Å². The van der Waals surface area contributed by atoms with Crippen molar-refractivity contribution in [3.63, 3.8) is 0 Å². The van der Waals surface area contributed by atoms with E-state index >= 15 is 0 Å². The van der Waals surface area contributed by atoms with Crippen LogP contribution >= 0.6 is 22.9 Å². The fourth-order valence-electron chi connectivity index (χ4n) is 2.35. The summed E-state index contributed by atoms with van der Waals surface area (Å²) in [7, 11) is 0. The maximum absolute atomic E-state index is 12.3. The van der Waals surface area contributed by atoms with Gasteiger partial charge in [-0.2, -0.15) is 0 Å². The molecule has 1 atom stereocenters. The van der Waals surface area contributed by atoms with Gasteiger partial charge in [-0.3, -0.25) is 14.6 Å². The first-order valence-electron chi connectivity index (χ1n) is 8.12. The van der Waals surface area contributed by atoms with Gasteiger partial charge in [0.25, 0.3) is 5.91 Å². The van der Waals surface area contributed by atoms with E-state index in [4.69, 9.17) is 17.3 Å². The Bertz CT molecular complexity index is 946. The summed E-state index contributed by atoms with van der Waals surface area (Å²) in [6.45, 7) is 0.327. The monoisotopic (exact) mass is 400 g/mol. The molecular weight excluding hydrogens is 384 g/mol. The summed E-state index contributed by atoms with van der Waals surface area (Å²) >= 11 is 7.12. The van der Waals surface area contributed by atoms with Gasteiger partial charge in [0.2, 0.25) is 5.91 Å². The van der Waals surface area contributed by atoms with Gasteiger partial charge in [-0.1, -0.05) is 23.7 Å². The molecule has 138 valence electrons. The maximum Gasteiger partial charge on any atom is 0.265 e. The quantitative estimate of drug-likeness (QED) is 0.591. The number of thiophene rings is 1. The molecule has 0 aliphatic heterocycles. The van der Waals surface area contributed by atoms with E-state index in [-0.39, 0.29) is 11.8 Å². The number of aromatic nitrogens is 1. The highest BCUT2D eigenvalue weighted by molar-refractivity contribution is 7.14. The number of rotatable bonds is 6. The third kappa shape index (κ3) is 5.13. The number of nitrogens with one attached hydrogen (secondary N) is 2. The summed E-state index contributed by atoms with van der Waals surface area (Å²) in [6, 6.07) is 13.1. The minimum atomic E-state index is -0.850. The molecule has 0 aliphatic rings. The molecule has 4 N–H and O–H groups in total. The Balaban J connectivity index is 1.59. The topological polar surface area (TPSA) is 97.1 Å². The van der Waals surface area contributed by atoms with Gasteiger partial charge < -0.3 is 16.4 Å². The van der Waals surface area contributed by atoms with E-state index in [1.807, 2.05) is 12.1 Å². The van der Waals surface area contributed by atoms with Crippen LogP contribution in [0, 0.1) is 0 Å². The molecule has 6 nitrogen and oxygen atoms in total. The first kappa shape index (κ1) is 19.0. The number of hydrogen-bond donors (Lipinski definition) is 3. The van der Waals surface area contributed by atoms with Gasteiger partial charge in [0.1, 0.15) is 6.04 Å². The van der Waals surface area contributed by atoms with Crippen molar-refractivity contribution in [3.8, 4) is 0 Å². The van der Waals surface area contributed by atoms with Gasteiger partial charge in [0.15, 0.2) is 0 Å². The molecule has 3 rings (SSSR count). The van der Waals surface area contributed by atoms with Crippen LogP contribution in [0.25, 0.3) is 0 Å². The van der Waals surface area contributed by atoms with Gasteiger partial charge in [0.05, 0.1) is 4.88 Å². The lowest BCUT2D eigenvalue weighted by atomic mass is 10.2. The van der Waals surface area contributed by atoms with Crippen molar-refractivity contribution in [2.45, 2.75) is 12.6 Å². The smallest absolute Gasteiger partial charge is 0.265 e. The molecule has 0 spiro atoms. The summed E-state index contributed by atoms with van der Waals surface area (Å²) in [5.74, 6) is -0.582. The van der Waals surface area contributed by atoms with Crippen LogP contribution in [-0.2, 0) is 11.3 Å². The Morgan fingerprint density at radius 2 is 1.93 bits per heavy atom. The highest BCUT2D eigenvalue weighted by atomic mass is 35.5. The summed E-state index contributed by atoms with van der Waals surface area (Å²) in [5, 5.41) is 6.15. The second kappa shape index (κ2) is 8.77. The summed E-state index contributed by atoms with van der Waals surface area (Å²) < 4.78 is 0. The number of amides is 2.